The van der Waals surface area contributed by atoms with Crippen LogP contribution in [0.2, 0.25) is 0 Å². The Morgan fingerprint density at radius 3 is 2.55 bits per heavy atom. The van der Waals surface area contributed by atoms with Crippen molar-refractivity contribution >= 4 is 0 Å². The average molecular weight is 152 g/mol. The van der Waals surface area contributed by atoms with Gasteiger partial charge in [-0.05, 0) is 12.8 Å². The SMILES string of the molecule is CC1=C[C@@H](O)[C@H](C(C)C)C=C1. The summed E-state index contributed by atoms with van der Waals surface area (Å²) in [6.45, 7) is 6.27. The molecule has 0 aliphatic heterocycles. The molecule has 0 unspecified atom stereocenters. The van der Waals surface area contributed by atoms with Gasteiger partial charge in [-0.2, -0.15) is 0 Å². The molecule has 0 aromatic rings. The predicted octanol–water partition coefficient (Wildman–Crippen LogP) is 2.14. The zero-order valence-electron chi connectivity index (χ0n) is 7.41. The second-order valence-corrected chi connectivity index (χ2v) is 3.58. The van der Waals surface area contributed by atoms with E-state index < -0.39 is 0 Å². The maximum Gasteiger partial charge on any atom is 0.0791 e. The molecule has 1 aliphatic rings. The molecule has 1 heteroatoms. The lowest BCUT2D eigenvalue weighted by atomic mass is 9.86. The van der Waals surface area contributed by atoms with Crippen molar-refractivity contribution in [3.05, 3.63) is 23.8 Å². The number of rotatable bonds is 1. The Bertz CT molecular complexity index is 189. The molecule has 0 spiro atoms. The molecule has 0 aromatic heterocycles. The molecule has 1 rings (SSSR count). The fraction of sp³-hybridized carbons (Fsp3) is 0.600. The molecular formula is C10H16O. The summed E-state index contributed by atoms with van der Waals surface area (Å²) in [4.78, 5) is 0. The molecule has 11 heavy (non-hydrogen) atoms. The van der Waals surface area contributed by atoms with E-state index in [0.717, 1.165) is 5.57 Å². The van der Waals surface area contributed by atoms with Crippen molar-refractivity contribution in [1.29, 1.82) is 0 Å². The molecule has 0 amide bonds. The second kappa shape index (κ2) is 3.22. The number of aliphatic hydroxyl groups excluding tert-OH is 1. The summed E-state index contributed by atoms with van der Waals surface area (Å²) in [5.41, 5.74) is 1.16. The largest absolute Gasteiger partial charge is 0.388 e. The molecule has 0 radical (unpaired) electrons. The van der Waals surface area contributed by atoms with Gasteiger partial charge in [0.15, 0.2) is 0 Å². The van der Waals surface area contributed by atoms with Crippen LogP contribution in [-0.4, -0.2) is 11.2 Å². The van der Waals surface area contributed by atoms with Gasteiger partial charge < -0.3 is 5.11 Å². The first-order valence-corrected chi connectivity index (χ1v) is 4.16. The zero-order valence-corrected chi connectivity index (χ0v) is 7.41. The van der Waals surface area contributed by atoms with Crippen LogP contribution in [0.5, 0.6) is 0 Å². The first kappa shape index (κ1) is 8.54. The minimum atomic E-state index is -0.278. The van der Waals surface area contributed by atoms with Crippen molar-refractivity contribution < 1.29 is 5.11 Å². The van der Waals surface area contributed by atoms with E-state index in [0.29, 0.717) is 11.8 Å². The Kier molecular flexibility index (Phi) is 2.50. The standard InChI is InChI=1S/C10H16O/c1-7(2)9-5-4-8(3)6-10(9)11/h4-7,9-11H,1-3H3/t9-,10+/m0/s1. The Hall–Kier alpha value is -0.560. The van der Waals surface area contributed by atoms with Crippen LogP contribution in [0.1, 0.15) is 20.8 Å². The average Bonchev–Trinajstić information content (AvgIpc) is 1.85. The lowest BCUT2D eigenvalue weighted by molar-refractivity contribution is 0.148. The number of allylic oxidation sites excluding steroid dienone is 2. The first-order chi connectivity index (χ1) is 5.11. The second-order valence-electron chi connectivity index (χ2n) is 3.58. The predicted molar refractivity (Wildman–Crippen MR) is 47.2 cm³/mol. The van der Waals surface area contributed by atoms with E-state index in [1.807, 2.05) is 13.0 Å². The highest BCUT2D eigenvalue weighted by molar-refractivity contribution is 5.24. The highest BCUT2D eigenvalue weighted by atomic mass is 16.3. The van der Waals surface area contributed by atoms with Gasteiger partial charge >= 0.3 is 0 Å². The van der Waals surface area contributed by atoms with E-state index in [1.54, 1.807) is 0 Å². The number of hydrogen-bond acceptors (Lipinski definition) is 1. The van der Waals surface area contributed by atoms with Crippen LogP contribution in [-0.2, 0) is 0 Å². The maximum atomic E-state index is 9.58. The van der Waals surface area contributed by atoms with Crippen molar-refractivity contribution in [2.45, 2.75) is 26.9 Å². The molecule has 2 atom stereocenters. The lowest BCUT2D eigenvalue weighted by Crippen LogP contribution is -2.23. The van der Waals surface area contributed by atoms with Gasteiger partial charge in [0.1, 0.15) is 0 Å². The van der Waals surface area contributed by atoms with Gasteiger partial charge in [0.25, 0.3) is 0 Å². The molecular weight excluding hydrogens is 136 g/mol. The summed E-state index contributed by atoms with van der Waals surface area (Å²) in [6.07, 6.45) is 5.83. The van der Waals surface area contributed by atoms with Crippen LogP contribution in [0, 0.1) is 11.8 Å². The minimum Gasteiger partial charge on any atom is -0.388 e. The van der Waals surface area contributed by atoms with E-state index in [1.165, 1.54) is 0 Å². The van der Waals surface area contributed by atoms with E-state index >= 15 is 0 Å². The van der Waals surface area contributed by atoms with Gasteiger partial charge in [-0.3, -0.25) is 0 Å². The fourth-order valence-corrected chi connectivity index (χ4v) is 1.43. The van der Waals surface area contributed by atoms with Crippen molar-refractivity contribution in [3.8, 4) is 0 Å². The summed E-state index contributed by atoms with van der Waals surface area (Å²) in [5.74, 6) is 0.823. The van der Waals surface area contributed by atoms with Gasteiger partial charge in [0.2, 0.25) is 0 Å². The molecule has 0 saturated carbocycles. The highest BCUT2D eigenvalue weighted by Crippen LogP contribution is 2.23. The van der Waals surface area contributed by atoms with E-state index in [4.69, 9.17) is 0 Å². The Balaban J connectivity index is 2.69. The Morgan fingerprint density at radius 2 is 2.09 bits per heavy atom. The van der Waals surface area contributed by atoms with Gasteiger partial charge in [-0.25, -0.2) is 0 Å². The molecule has 0 bridgehead atoms. The summed E-state index contributed by atoms with van der Waals surface area (Å²) in [5, 5.41) is 9.58. The third-order valence-electron chi connectivity index (χ3n) is 2.18. The van der Waals surface area contributed by atoms with Crippen LogP contribution in [0.25, 0.3) is 0 Å². The minimum absolute atomic E-state index is 0.278. The third-order valence-corrected chi connectivity index (χ3v) is 2.18. The molecule has 1 aliphatic carbocycles. The zero-order chi connectivity index (χ0) is 8.43. The summed E-state index contributed by atoms with van der Waals surface area (Å²) < 4.78 is 0. The van der Waals surface area contributed by atoms with E-state index in [2.05, 4.69) is 26.0 Å². The van der Waals surface area contributed by atoms with Crippen molar-refractivity contribution in [2.24, 2.45) is 11.8 Å². The molecule has 1 N–H and O–H groups in total. The molecule has 0 saturated heterocycles. The third kappa shape index (κ3) is 1.93. The number of hydrogen-bond donors (Lipinski definition) is 1. The van der Waals surface area contributed by atoms with Crippen LogP contribution in [0.4, 0.5) is 0 Å². The van der Waals surface area contributed by atoms with Crippen molar-refractivity contribution in [1.82, 2.24) is 0 Å². The quantitative estimate of drug-likeness (QED) is 0.610. The van der Waals surface area contributed by atoms with Crippen molar-refractivity contribution in [3.63, 3.8) is 0 Å². The molecule has 1 nitrogen and oxygen atoms in total. The Morgan fingerprint density at radius 1 is 1.45 bits per heavy atom. The fourth-order valence-electron chi connectivity index (χ4n) is 1.43. The topological polar surface area (TPSA) is 20.2 Å². The lowest BCUT2D eigenvalue weighted by Gasteiger charge is -2.24. The first-order valence-electron chi connectivity index (χ1n) is 4.16. The molecule has 0 fully saturated rings. The molecule has 62 valence electrons. The summed E-state index contributed by atoms with van der Waals surface area (Å²) in [7, 11) is 0. The van der Waals surface area contributed by atoms with Crippen LogP contribution in [0.15, 0.2) is 23.8 Å². The maximum absolute atomic E-state index is 9.58. The monoisotopic (exact) mass is 152 g/mol. The Labute approximate surface area is 68.4 Å². The van der Waals surface area contributed by atoms with Crippen LogP contribution >= 0.6 is 0 Å². The van der Waals surface area contributed by atoms with Gasteiger partial charge in [-0.1, -0.05) is 37.6 Å². The van der Waals surface area contributed by atoms with E-state index in [9.17, 15) is 5.11 Å². The van der Waals surface area contributed by atoms with E-state index in [-0.39, 0.29) is 6.10 Å². The highest BCUT2D eigenvalue weighted by Gasteiger charge is 2.19. The normalized spacial score (nSPS) is 30.8. The van der Waals surface area contributed by atoms with Crippen LogP contribution < -0.4 is 0 Å². The van der Waals surface area contributed by atoms with Gasteiger partial charge in [-0.15, -0.1) is 0 Å². The number of aliphatic hydroxyl groups is 1. The van der Waals surface area contributed by atoms with Gasteiger partial charge in [0, 0.05) is 5.92 Å². The van der Waals surface area contributed by atoms with Gasteiger partial charge in [0.05, 0.1) is 6.10 Å². The summed E-state index contributed by atoms with van der Waals surface area (Å²) in [6, 6.07) is 0. The molecule has 0 aromatic carbocycles. The smallest absolute Gasteiger partial charge is 0.0791 e. The summed E-state index contributed by atoms with van der Waals surface area (Å²) >= 11 is 0. The van der Waals surface area contributed by atoms with Crippen LogP contribution in [0.3, 0.4) is 0 Å². The van der Waals surface area contributed by atoms with Crippen molar-refractivity contribution in [2.75, 3.05) is 0 Å². The molecule has 0 heterocycles.